The Balaban J connectivity index is 2.31. The van der Waals surface area contributed by atoms with E-state index in [4.69, 9.17) is 14.7 Å². The number of hydrogen-bond donors (Lipinski definition) is 0. The minimum atomic E-state index is -1.16. The highest BCUT2D eigenvalue weighted by molar-refractivity contribution is 5.97. The van der Waals surface area contributed by atoms with E-state index in [1.807, 2.05) is 6.07 Å². The van der Waals surface area contributed by atoms with Gasteiger partial charge in [0.1, 0.15) is 23.7 Å². The van der Waals surface area contributed by atoms with E-state index in [1.54, 1.807) is 18.2 Å². The maximum absolute atomic E-state index is 13.4. The normalized spacial score (nSPS) is 21.4. The Bertz CT molecular complexity index is 556. The van der Waals surface area contributed by atoms with Crippen LogP contribution in [-0.4, -0.2) is 43.8 Å². The third-order valence-electron chi connectivity index (χ3n) is 3.30. The quantitative estimate of drug-likeness (QED) is 0.845. The highest BCUT2D eigenvalue weighted by atomic mass is 19.1. The standard InChI is InChI=1S/C14H15FN2O3/c1-19-11-3-4-12(13(6-11)20-2)14(18)17-8-9(15)5-10(17)7-16/h3-4,6,9-10H,5,8H2,1-2H3. The molecule has 0 saturated carbocycles. The number of nitriles is 1. The summed E-state index contributed by atoms with van der Waals surface area (Å²) < 4.78 is 23.6. The highest BCUT2D eigenvalue weighted by Gasteiger charge is 2.36. The smallest absolute Gasteiger partial charge is 0.258 e. The number of methoxy groups -OCH3 is 2. The monoisotopic (exact) mass is 278 g/mol. The molecule has 20 heavy (non-hydrogen) atoms. The van der Waals surface area contributed by atoms with Crippen molar-refractivity contribution in [1.82, 2.24) is 4.90 Å². The molecule has 1 aromatic rings. The first-order valence-corrected chi connectivity index (χ1v) is 6.17. The van der Waals surface area contributed by atoms with E-state index in [2.05, 4.69) is 0 Å². The highest BCUT2D eigenvalue weighted by Crippen LogP contribution is 2.29. The molecule has 2 unspecified atom stereocenters. The summed E-state index contributed by atoms with van der Waals surface area (Å²) in [7, 11) is 2.95. The molecular formula is C14H15FN2O3. The summed E-state index contributed by atoms with van der Waals surface area (Å²) in [5.74, 6) is 0.490. The van der Waals surface area contributed by atoms with Gasteiger partial charge in [0, 0.05) is 12.5 Å². The maximum Gasteiger partial charge on any atom is 0.258 e. The van der Waals surface area contributed by atoms with Gasteiger partial charge in [-0.15, -0.1) is 0 Å². The topological polar surface area (TPSA) is 62.6 Å². The number of benzene rings is 1. The Morgan fingerprint density at radius 3 is 2.80 bits per heavy atom. The lowest BCUT2D eigenvalue weighted by molar-refractivity contribution is 0.0753. The second kappa shape index (κ2) is 5.78. The Morgan fingerprint density at radius 1 is 1.45 bits per heavy atom. The lowest BCUT2D eigenvalue weighted by atomic mass is 10.1. The molecule has 0 radical (unpaired) electrons. The summed E-state index contributed by atoms with van der Waals surface area (Å²) in [5.41, 5.74) is 0.294. The number of ether oxygens (including phenoxy) is 2. The molecular weight excluding hydrogens is 263 g/mol. The van der Waals surface area contributed by atoms with Crippen molar-refractivity contribution in [2.24, 2.45) is 0 Å². The van der Waals surface area contributed by atoms with Crippen molar-refractivity contribution in [3.63, 3.8) is 0 Å². The van der Waals surface area contributed by atoms with Gasteiger partial charge in [-0.25, -0.2) is 4.39 Å². The summed E-state index contributed by atoms with van der Waals surface area (Å²) in [5, 5.41) is 9.00. The first kappa shape index (κ1) is 14.1. The van der Waals surface area contributed by atoms with E-state index in [0.29, 0.717) is 17.1 Å². The Kier molecular flexibility index (Phi) is 4.08. The Hall–Kier alpha value is -2.29. The fourth-order valence-electron chi connectivity index (χ4n) is 2.26. The average molecular weight is 278 g/mol. The summed E-state index contributed by atoms with van der Waals surface area (Å²) >= 11 is 0. The van der Waals surface area contributed by atoms with Crippen LogP contribution in [0.3, 0.4) is 0 Å². The predicted molar refractivity (Wildman–Crippen MR) is 69.5 cm³/mol. The molecule has 0 bridgehead atoms. The lowest BCUT2D eigenvalue weighted by Crippen LogP contribution is -2.35. The second-order valence-electron chi connectivity index (χ2n) is 4.50. The van der Waals surface area contributed by atoms with Gasteiger partial charge in [-0.3, -0.25) is 4.79 Å². The molecule has 6 heteroatoms. The Morgan fingerprint density at radius 2 is 2.20 bits per heavy atom. The molecule has 2 atom stereocenters. The number of halogens is 1. The van der Waals surface area contributed by atoms with Crippen LogP contribution in [0.1, 0.15) is 16.8 Å². The summed E-state index contributed by atoms with van der Waals surface area (Å²) in [6.45, 7) is -0.0633. The van der Waals surface area contributed by atoms with E-state index >= 15 is 0 Å². The minimum absolute atomic E-state index is 0.0563. The van der Waals surface area contributed by atoms with Crippen molar-refractivity contribution in [3.8, 4) is 17.6 Å². The van der Waals surface area contributed by atoms with Gasteiger partial charge in [0.2, 0.25) is 0 Å². The van der Waals surface area contributed by atoms with Crippen molar-refractivity contribution >= 4 is 5.91 Å². The van der Waals surface area contributed by atoms with Crippen LogP contribution < -0.4 is 9.47 Å². The predicted octanol–water partition coefficient (Wildman–Crippen LogP) is 1.78. The minimum Gasteiger partial charge on any atom is -0.497 e. The molecule has 0 aromatic heterocycles. The number of nitrogens with zero attached hydrogens (tertiary/aromatic N) is 2. The second-order valence-corrected chi connectivity index (χ2v) is 4.50. The van der Waals surface area contributed by atoms with Crippen molar-refractivity contribution in [3.05, 3.63) is 23.8 Å². The van der Waals surface area contributed by atoms with Gasteiger partial charge in [-0.1, -0.05) is 0 Å². The van der Waals surface area contributed by atoms with Gasteiger partial charge in [0.25, 0.3) is 5.91 Å². The van der Waals surface area contributed by atoms with Crippen molar-refractivity contribution in [1.29, 1.82) is 5.26 Å². The van der Waals surface area contributed by atoms with Crippen LogP contribution in [-0.2, 0) is 0 Å². The van der Waals surface area contributed by atoms with Gasteiger partial charge in [0.15, 0.2) is 0 Å². The van der Waals surface area contributed by atoms with E-state index in [0.717, 1.165) is 0 Å². The van der Waals surface area contributed by atoms with Crippen LogP contribution in [0.5, 0.6) is 11.5 Å². The zero-order chi connectivity index (χ0) is 14.7. The first-order valence-electron chi connectivity index (χ1n) is 6.17. The SMILES string of the molecule is COc1ccc(C(=O)N2CC(F)CC2C#N)c(OC)c1. The summed E-state index contributed by atoms with van der Waals surface area (Å²) in [4.78, 5) is 13.7. The third kappa shape index (κ3) is 2.52. The first-order chi connectivity index (χ1) is 9.60. The zero-order valence-corrected chi connectivity index (χ0v) is 11.3. The number of rotatable bonds is 3. The molecule has 5 nitrogen and oxygen atoms in total. The van der Waals surface area contributed by atoms with Crippen LogP contribution in [0.25, 0.3) is 0 Å². The molecule has 1 fully saturated rings. The van der Waals surface area contributed by atoms with E-state index in [1.165, 1.54) is 19.1 Å². The van der Waals surface area contributed by atoms with Crippen LogP contribution in [0.2, 0.25) is 0 Å². The molecule has 1 amide bonds. The molecule has 1 aliphatic heterocycles. The van der Waals surface area contributed by atoms with Crippen LogP contribution in [0, 0.1) is 11.3 Å². The number of alkyl halides is 1. The van der Waals surface area contributed by atoms with Crippen LogP contribution in [0.15, 0.2) is 18.2 Å². The molecule has 1 heterocycles. The molecule has 0 N–H and O–H groups in total. The van der Waals surface area contributed by atoms with Crippen LogP contribution in [0.4, 0.5) is 4.39 Å². The van der Waals surface area contributed by atoms with Gasteiger partial charge < -0.3 is 14.4 Å². The fraction of sp³-hybridized carbons (Fsp3) is 0.429. The summed E-state index contributed by atoms with van der Waals surface area (Å²) in [6, 6.07) is 5.98. The lowest BCUT2D eigenvalue weighted by Gasteiger charge is -2.20. The molecule has 106 valence electrons. The third-order valence-corrected chi connectivity index (χ3v) is 3.30. The van der Waals surface area contributed by atoms with Gasteiger partial charge in [0.05, 0.1) is 32.4 Å². The number of hydrogen-bond acceptors (Lipinski definition) is 4. The van der Waals surface area contributed by atoms with Crippen molar-refractivity contribution < 1.29 is 18.7 Å². The fourth-order valence-corrected chi connectivity index (χ4v) is 2.26. The van der Waals surface area contributed by atoms with E-state index < -0.39 is 18.1 Å². The number of likely N-dealkylation sites (tertiary alicyclic amines) is 1. The summed E-state index contributed by atoms with van der Waals surface area (Å²) in [6.07, 6.45) is -1.10. The molecule has 0 aliphatic carbocycles. The average Bonchev–Trinajstić information content (AvgIpc) is 2.86. The van der Waals surface area contributed by atoms with Gasteiger partial charge in [-0.05, 0) is 12.1 Å². The van der Waals surface area contributed by atoms with Crippen LogP contribution >= 0.6 is 0 Å². The van der Waals surface area contributed by atoms with Crippen molar-refractivity contribution in [2.45, 2.75) is 18.6 Å². The van der Waals surface area contributed by atoms with Gasteiger partial charge >= 0.3 is 0 Å². The number of carbonyl (C=O) groups excluding carboxylic acids is 1. The molecule has 2 rings (SSSR count). The van der Waals surface area contributed by atoms with Gasteiger partial charge in [-0.2, -0.15) is 5.26 Å². The maximum atomic E-state index is 13.4. The number of carbonyl (C=O) groups is 1. The van der Waals surface area contributed by atoms with E-state index in [9.17, 15) is 9.18 Å². The zero-order valence-electron chi connectivity index (χ0n) is 11.3. The van der Waals surface area contributed by atoms with Crippen molar-refractivity contribution in [2.75, 3.05) is 20.8 Å². The molecule has 1 saturated heterocycles. The van der Waals surface area contributed by atoms with E-state index in [-0.39, 0.29) is 13.0 Å². The number of amides is 1. The molecule has 0 spiro atoms. The Labute approximate surface area is 116 Å². The molecule has 1 aliphatic rings. The molecule has 1 aromatic carbocycles. The largest absolute Gasteiger partial charge is 0.497 e.